The number of rotatable bonds is 4. The van der Waals surface area contributed by atoms with Gasteiger partial charge >= 0.3 is 0 Å². The predicted octanol–water partition coefficient (Wildman–Crippen LogP) is 4.30. The van der Waals surface area contributed by atoms with E-state index in [4.69, 9.17) is 0 Å². The lowest BCUT2D eigenvalue weighted by molar-refractivity contribution is 0.567. The zero-order chi connectivity index (χ0) is 11.5. The molecule has 3 heteroatoms. The number of hydrogen-bond donors (Lipinski definition) is 0. The van der Waals surface area contributed by atoms with Crippen LogP contribution in [0.3, 0.4) is 0 Å². The molecule has 0 aliphatic rings. The monoisotopic (exact) mass is 280 g/mol. The van der Waals surface area contributed by atoms with Crippen LogP contribution in [0.2, 0.25) is 0 Å². The molecule has 0 atom stereocenters. The van der Waals surface area contributed by atoms with E-state index in [-0.39, 0.29) is 0 Å². The molecule has 2 rings (SSSR count). The maximum absolute atomic E-state index is 4.45. The van der Waals surface area contributed by atoms with E-state index in [9.17, 15) is 0 Å². The molecule has 16 heavy (non-hydrogen) atoms. The van der Waals surface area contributed by atoms with Crippen molar-refractivity contribution >= 4 is 26.8 Å². The molecule has 0 N–H and O–H groups in total. The van der Waals surface area contributed by atoms with Gasteiger partial charge in [0.1, 0.15) is 0 Å². The quantitative estimate of drug-likeness (QED) is 0.764. The lowest BCUT2D eigenvalue weighted by Crippen LogP contribution is -1.99. The van der Waals surface area contributed by atoms with Crippen molar-refractivity contribution in [3.63, 3.8) is 0 Å². The number of aromatic nitrogens is 2. The normalized spacial score (nSPS) is 11.2. The van der Waals surface area contributed by atoms with Crippen molar-refractivity contribution in [1.82, 2.24) is 9.78 Å². The first kappa shape index (κ1) is 11.6. The SMILES string of the molecule is CCCCCn1ncc2cc(Br)c(C)cc21. The maximum Gasteiger partial charge on any atom is 0.0685 e. The highest BCUT2D eigenvalue weighted by Crippen LogP contribution is 2.23. The number of unbranched alkanes of at least 4 members (excludes halogenated alkanes) is 2. The average Bonchev–Trinajstić information content (AvgIpc) is 2.63. The Morgan fingerprint density at radius 3 is 2.88 bits per heavy atom. The lowest BCUT2D eigenvalue weighted by Gasteiger charge is -2.04. The number of fused-ring (bicyclic) bond motifs is 1. The van der Waals surface area contributed by atoms with Gasteiger partial charge in [-0.25, -0.2) is 0 Å². The summed E-state index contributed by atoms with van der Waals surface area (Å²) in [5.74, 6) is 0. The summed E-state index contributed by atoms with van der Waals surface area (Å²) in [7, 11) is 0. The third-order valence-electron chi connectivity index (χ3n) is 2.90. The minimum absolute atomic E-state index is 1.03. The third kappa shape index (κ3) is 2.29. The predicted molar refractivity (Wildman–Crippen MR) is 71.7 cm³/mol. The number of aryl methyl sites for hydroxylation is 2. The van der Waals surface area contributed by atoms with Gasteiger partial charge in [-0.15, -0.1) is 0 Å². The minimum Gasteiger partial charge on any atom is -0.265 e. The fourth-order valence-corrected chi connectivity index (χ4v) is 2.25. The van der Waals surface area contributed by atoms with Crippen LogP contribution in [0.15, 0.2) is 22.8 Å². The molecule has 86 valence electrons. The Kier molecular flexibility index (Phi) is 3.64. The van der Waals surface area contributed by atoms with E-state index in [0.29, 0.717) is 0 Å². The number of benzene rings is 1. The molecular formula is C13H17BrN2. The Bertz CT molecular complexity index is 488. The van der Waals surface area contributed by atoms with Gasteiger partial charge in [0.25, 0.3) is 0 Å². The molecule has 0 saturated heterocycles. The van der Waals surface area contributed by atoms with Crippen molar-refractivity contribution in [2.75, 3.05) is 0 Å². The van der Waals surface area contributed by atoms with Crippen molar-refractivity contribution in [2.45, 2.75) is 39.7 Å². The van der Waals surface area contributed by atoms with Gasteiger partial charge in [0, 0.05) is 16.4 Å². The molecule has 0 bridgehead atoms. The first-order valence-corrected chi connectivity index (χ1v) is 6.63. The van der Waals surface area contributed by atoms with Gasteiger partial charge in [-0.1, -0.05) is 35.7 Å². The van der Waals surface area contributed by atoms with E-state index in [1.54, 1.807) is 0 Å². The van der Waals surface area contributed by atoms with Crippen molar-refractivity contribution in [2.24, 2.45) is 0 Å². The summed E-state index contributed by atoms with van der Waals surface area (Å²) in [4.78, 5) is 0. The lowest BCUT2D eigenvalue weighted by atomic mass is 10.2. The van der Waals surface area contributed by atoms with E-state index in [1.807, 2.05) is 6.20 Å². The zero-order valence-electron chi connectivity index (χ0n) is 9.83. The van der Waals surface area contributed by atoms with Crippen molar-refractivity contribution in [3.05, 3.63) is 28.4 Å². The molecule has 1 heterocycles. The molecule has 0 radical (unpaired) electrons. The van der Waals surface area contributed by atoms with Gasteiger partial charge in [0.2, 0.25) is 0 Å². The Morgan fingerprint density at radius 1 is 1.31 bits per heavy atom. The molecule has 0 amide bonds. The van der Waals surface area contributed by atoms with Crippen molar-refractivity contribution in [1.29, 1.82) is 0 Å². The van der Waals surface area contributed by atoms with Crippen LogP contribution in [0.1, 0.15) is 31.7 Å². The second-order valence-electron chi connectivity index (χ2n) is 4.24. The average molecular weight is 281 g/mol. The highest BCUT2D eigenvalue weighted by atomic mass is 79.9. The minimum atomic E-state index is 1.03. The highest BCUT2D eigenvalue weighted by molar-refractivity contribution is 9.10. The summed E-state index contributed by atoms with van der Waals surface area (Å²) < 4.78 is 3.28. The van der Waals surface area contributed by atoms with E-state index < -0.39 is 0 Å². The van der Waals surface area contributed by atoms with E-state index in [1.165, 1.54) is 35.7 Å². The molecule has 0 spiro atoms. The van der Waals surface area contributed by atoms with Crippen LogP contribution in [0.25, 0.3) is 10.9 Å². The third-order valence-corrected chi connectivity index (χ3v) is 3.75. The Morgan fingerprint density at radius 2 is 2.12 bits per heavy atom. The molecular weight excluding hydrogens is 264 g/mol. The van der Waals surface area contributed by atoms with Crippen molar-refractivity contribution < 1.29 is 0 Å². The van der Waals surface area contributed by atoms with E-state index >= 15 is 0 Å². The first-order chi connectivity index (χ1) is 7.72. The van der Waals surface area contributed by atoms with Gasteiger partial charge in [0.05, 0.1) is 11.7 Å². The number of nitrogens with zero attached hydrogens (tertiary/aromatic N) is 2. The number of halogens is 1. The smallest absolute Gasteiger partial charge is 0.0685 e. The molecule has 2 aromatic rings. The van der Waals surface area contributed by atoms with Gasteiger partial charge in [-0.3, -0.25) is 4.68 Å². The van der Waals surface area contributed by atoms with E-state index in [0.717, 1.165) is 11.0 Å². The molecule has 0 unspecified atom stereocenters. The molecule has 0 aliphatic carbocycles. The second-order valence-corrected chi connectivity index (χ2v) is 5.09. The van der Waals surface area contributed by atoms with Crippen LogP contribution >= 0.6 is 15.9 Å². The van der Waals surface area contributed by atoms with Crippen LogP contribution in [0.4, 0.5) is 0 Å². The van der Waals surface area contributed by atoms with Crippen molar-refractivity contribution in [3.8, 4) is 0 Å². The molecule has 0 saturated carbocycles. The number of hydrogen-bond acceptors (Lipinski definition) is 1. The summed E-state index contributed by atoms with van der Waals surface area (Å²) in [5, 5.41) is 5.66. The van der Waals surface area contributed by atoms with Crippen LogP contribution < -0.4 is 0 Å². The summed E-state index contributed by atoms with van der Waals surface area (Å²) >= 11 is 3.55. The molecule has 0 fully saturated rings. The summed E-state index contributed by atoms with van der Waals surface area (Å²) in [5.41, 5.74) is 2.52. The second kappa shape index (κ2) is 5.00. The van der Waals surface area contributed by atoms with Crippen LogP contribution in [0.5, 0.6) is 0 Å². The van der Waals surface area contributed by atoms with Gasteiger partial charge < -0.3 is 0 Å². The van der Waals surface area contributed by atoms with Gasteiger partial charge in [-0.2, -0.15) is 5.10 Å². The summed E-state index contributed by atoms with van der Waals surface area (Å²) in [6.45, 7) is 5.37. The van der Waals surface area contributed by atoms with Gasteiger partial charge in [-0.05, 0) is 31.0 Å². The zero-order valence-corrected chi connectivity index (χ0v) is 11.4. The van der Waals surface area contributed by atoms with Gasteiger partial charge in [0.15, 0.2) is 0 Å². The highest BCUT2D eigenvalue weighted by Gasteiger charge is 2.04. The van der Waals surface area contributed by atoms with Crippen LogP contribution in [-0.4, -0.2) is 9.78 Å². The molecule has 1 aromatic heterocycles. The molecule has 1 aromatic carbocycles. The fraction of sp³-hybridized carbons (Fsp3) is 0.462. The van der Waals surface area contributed by atoms with Crippen LogP contribution in [-0.2, 0) is 6.54 Å². The Balaban J connectivity index is 2.29. The summed E-state index contributed by atoms with van der Waals surface area (Å²) in [6.07, 6.45) is 5.69. The standard InChI is InChI=1S/C13H17BrN2/c1-3-4-5-6-16-13-7-10(2)12(14)8-11(13)9-15-16/h7-9H,3-6H2,1-2H3. The first-order valence-electron chi connectivity index (χ1n) is 5.84. The largest absolute Gasteiger partial charge is 0.265 e. The molecule has 0 aliphatic heterocycles. The fourth-order valence-electron chi connectivity index (χ4n) is 1.89. The maximum atomic E-state index is 4.45. The summed E-state index contributed by atoms with van der Waals surface area (Å²) in [6, 6.07) is 4.35. The van der Waals surface area contributed by atoms with E-state index in [2.05, 4.69) is 51.7 Å². The molecule has 2 nitrogen and oxygen atoms in total. The topological polar surface area (TPSA) is 17.8 Å². The van der Waals surface area contributed by atoms with Crippen LogP contribution in [0, 0.1) is 6.92 Å². The Hall–Kier alpha value is -0.830. The Labute approximate surface area is 105 Å².